The molecule has 1 aromatic carbocycles. The fourth-order valence-corrected chi connectivity index (χ4v) is 1.30. The van der Waals surface area contributed by atoms with Gasteiger partial charge < -0.3 is 10.4 Å². The van der Waals surface area contributed by atoms with E-state index in [1.54, 1.807) is 0 Å². The molecule has 0 fully saturated rings. The zero-order chi connectivity index (χ0) is 12.1. The van der Waals surface area contributed by atoms with E-state index in [2.05, 4.69) is 5.32 Å². The Morgan fingerprint density at radius 2 is 2.06 bits per heavy atom. The normalized spacial score (nSPS) is 12.9. The first kappa shape index (κ1) is 13.1. The van der Waals surface area contributed by atoms with Crippen molar-refractivity contribution in [2.45, 2.75) is 12.5 Å². The molecule has 6 heteroatoms. The van der Waals surface area contributed by atoms with Crippen LogP contribution in [0.25, 0.3) is 0 Å². The van der Waals surface area contributed by atoms with Gasteiger partial charge in [-0.05, 0) is 12.1 Å². The van der Waals surface area contributed by atoms with Crippen molar-refractivity contribution in [3.63, 3.8) is 0 Å². The molecular weight excluding hydrogens is 243 g/mol. The first-order valence-electron chi connectivity index (χ1n) is 4.60. The summed E-state index contributed by atoms with van der Waals surface area (Å²) in [5.41, 5.74) is -0.719. The van der Waals surface area contributed by atoms with Gasteiger partial charge in [0.05, 0.1) is 17.5 Å². The van der Waals surface area contributed by atoms with Crippen molar-refractivity contribution in [2.24, 2.45) is 0 Å². The van der Waals surface area contributed by atoms with Crippen LogP contribution in [0.15, 0.2) is 18.2 Å². The Kier molecular flexibility index (Phi) is 4.89. The molecule has 0 amide bonds. The number of aliphatic hydroxyl groups is 1. The molecular formula is C10H11ClF3NO. The fourth-order valence-electron chi connectivity index (χ4n) is 1.20. The average Bonchev–Trinajstić information content (AvgIpc) is 2.25. The van der Waals surface area contributed by atoms with E-state index >= 15 is 0 Å². The highest BCUT2D eigenvalue weighted by molar-refractivity contribution is 6.18. The number of benzene rings is 1. The van der Waals surface area contributed by atoms with Crippen LogP contribution in [0.2, 0.25) is 0 Å². The third kappa shape index (κ3) is 3.28. The van der Waals surface area contributed by atoms with Gasteiger partial charge in [-0.2, -0.15) is 0 Å². The topological polar surface area (TPSA) is 32.3 Å². The van der Waals surface area contributed by atoms with E-state index in [9.17, 15) is 13.2 Å². The average molecular weight is 254 g/mol. The van der Waals surface area contributed by atoms with Gasteiger partial charge in [-0.15, -0.1) is 11.6 Å². The lowest BCUT2D eigenvalue weighted by molar-refractivity contribution is 0.147. The molecule has 2 nitrogen and oxygen atoms in total. The lowest BCUT2D eigenvalue weighted by Gasteiger charge is -2.14. The summed E-state index contributed by atoms with van der Waals surface area (Å²) in [5, 5.41) is 11.7. The number of hydrogen-bond acceptors (Lipinski definition) is 2. The predicted molar refractivity (Wildman–Crippen MR) is 56.6 cm³/mol. The minimum atomic E-state index is -2.91. The maximum Gasteiger partial charge on any atom is 0.268 e. The molecule has 0 heterocycles. The minimum Gasteiger partial charge on any atom is -0.390 e. The Morgan fingerprint density at radius 3 is 2.62 bits per heavy atom. The van der Waals surface area contributed by atoms with E-state index < -0.39 is 23.9 Å². The Balaban J connectivity index is 2.83. The molecule has 16 heavy (non-hydrogen) atoms. The van der Waals surface area contributed by atoms with E-state index in [0.29, 0.717) is 0 Å². The smallest absolute Gasteiger partial charge is 0.268 e. The van der Waals surface area contributed by atoms with Gasteiger partial charge in [0.1, 0.15) is 5.82 Å². The van der Waals surface area contributed by atoms with Crippen molar-refractivity contribution in [1.82, 2.24) is 0 Å². The molecule has 1 rings (SSSR count). The van der Waals surface area contributed by atoms with Gasteiger partial charge in [-0.25, -0.2) is 13.2 Å². The summed E-state index contributed by atoms with van der Waals surface area (Å²) in [5.74, 6) is -0.993. The predicted octanol–water partition coefficient (Wildman–Crippen LogP) is 2.77. The van der Waals surface area contributed by atoms with Crippen molar-refractivity contribution in [3.8, 4) is 0 Å². The molecule has 0 bridgehead atoms. The summed E-state index contributed by atoms with van der Waals surface area (Å²) in [4.78, 5) is 0. The third-order valence-electron chi connectivity index (χ3n) is 1.98. The van der Waals surface area contributed by atoms with Gasteiger partial charge in [0.2, 0.25) is 0 Å². The van der Waals surface area contributed by atoms with Crippen LogP contribution in [-0.4, -0.2) is 23.6 Å². The SMILES string of the molecule is OC(CCl)CNc1cccc(F)c1C(F)F. The summed E-state index contributed by atoms with van der Waals surface area (Å²) in [7, 11) is 0. The Labute approximate surface area is 96.0 Å². The quantitative estimate of drug-likeness (QED) is 0.791. The van der Waals surface area contributed by atoms with Crippen LogP contribution in [0.3, 0.4) is 0 Å². The zero-order valence-corrected chi connectivity index (χ0v) is 9.02. The number of hydrogen-bond donors (Lipinski definition) is 2. The summed E-state index contributed by atoms with van der Waals surface area (Å²) >= 11 is 5.34. The van der Waals surface area contributed by atoms with Gasteiger partial charge in [-0.3, -0.25) is 0 Å². The molecule has 0 aliphatic heterocycles. The highest BCUT2D eigenvalue weighted by Crippen LogP contribution is 2.29. The highest BCUT2D eigenvalue weighted by atomic mass is 35.5. The zero-order valence-electron chi connectivity index (χ0n) is 8.26. The van der Waals surface area contributed by atoms with Crippen LogP contribution in [-0.2, 0) is 0 Å². The fraction of sp³-hybridized carbons (Fsp3) is 0.400. The summed E-state index contributed by atoms with van der Waals surface area (Å²) in [6.07, 6.45) is -3.77. The van der Waals surface area contributed by atoms with Crippen molar-refractivity contribution < 1.29 is 18.3 Å². The van der Waals surface area contributed by atoms with E-state index in [-0.39, 0.29) is 18.1 Å². The van der Waals surface area contributed by atoms with Gasteiger partial charge in [0, 0.05) is 12.2 Å². The molecule has 0 aliphatic carbocycles. The monoisotopic (exact) mass is 253 g/mol. The second-order valence-corrected chi connectivity index (χ2v) is 3.50. The highest BCUT2D eigenvalue weighted by Gasteiger charge is 2.18. The number of anilines is 1. The van der Waals surface area contributed by atoms with E-state index in [4.69, 9.17) is 16.7 Å². The number of halogens is 4. The number of nitrogens with one attached hydrogen (secondary N) is 1. The van der Waals surface area contributed by atoms with Gasteiger partial charge in [0.25, 0.3) is 6.43 Å². The molecule has 0 saturated heterocycles. The summed E-state index contributed by atoms with van der Waals surface area (Å²) < 4.78 is 38.2. The van der Waals surface area contributed by atoms with Crippen LogP contribution in [0.1, 0.15) is 12.0 Å². The molecule has 1 atom stereocenters. The third-order valence-corrected chi connectivity index (χ3v) is 2.33. The number of rotatable bonds is 5. The van der Waals surface area contributed by atoms with Gasteiger partial charge >= 0.3 is 0 Å². The van der Waals surface area contributed by atoms with Gasteiger partial charge in [0.15, 0.2) is 0 Å². The summed E-state index contributed by atoms with van der Waals surface area (Å²) in [6, 6.07) is 3.60. The van der Waals surface area contributed by atoms with Crippen LogP contribution in [0, 0.1) is 5.82 Å². The first-order valence-corrected chi connectivity index (χ1v) is 5.14. The molecule has 1 unspecified atom stereocenters. The number of alkyl halides is 3. The maximum absolute atomic E-state index is 13.1. The van der Waals surface area contributed by atoms with E-state index in [0.717, 1.165) is 6.07 Å². The molecule has 90 valence electrons. The Bertz CT molecular complexity index is 349. The van der Waals surface area contributed by atoms with Crippen LogP contribution >= 0.6 is 11.6 Å². The van der Waals surface area contributed by atoms with Crippen molar-refractivity contribution in [3.05, 3.63) is 29.6 Å². The van der Waals surface area contributed by atoms with Crippen molar-refractivity contribution >= 4 is 17.3 Å². The van der Waals surface area contributed by atoms with Crippen molar-refractivity contribution in [1.29, 1.82) is 0 Å². The second-order valence-electron chi connectivity index (χ2n) is 3.19. The summed E-state index contributed by atoms with van der Waals surface area (Å²) in [6.45, 7) is -0.00727. The Hall–Kier alpha value is -0.940. The molecule has 2 N–H and O–H groups in total. The Morgan fingerprint density at radius 1 is 1.38 bits per heavy atom. The van der Waals surface area contributed by atoms with Crippen molar-refractivity contribution in [2.75, 3.05) is 17.7 Å². The molecule has 0 radical (unpaired) electrons. The minimum absolute atomic E-state index is 0.00727. The molecule has 0 saturated carbocycles. The molecule has 1 aromatic rings. The van der Waals surface area contributed by atoms with Crippen LogP contribution in [0.4, 0.5) is 18.9 Å². The molecule has 0 aliphatic rings. The first-order chi connectivity index (χ1) is 7.56. The van der Waals surface area contributed by atoms with E-state index in [1.165, 1.54) is 12.1 Å². The molecule has 0 aromatic heterocycles. The molecule has 0 spiro atoms. The lowest BCUT2D eigenvalue weighted by Crippen LogP contribution is -2.21. The van der Waals surface area contributed by atoms with Crippen LogP contribution in [0.5, 0.6) is 0 Å². The maximum atomic E-state index is 13.1. The van der Waals surface area contributed by atoms with E-state index in [1.807, 2.05) is 0 Å². The lowest BCUT2D eigenvalue weighted by atomic mass is 10.1. The second kappa shape index (κ2) is 5.96. The largest absolute Gasteiger partial charge is 0.390 e. The standard InChI is InChI=1S/C10H11ClF3NO/c11-4-6(16)5-15-8-3-1-2-7(12)9(8)10(13)14/h1-3,6,10,15-16H,4-5H2. The van der Waals surface area contributed by atoms with Crippen LogP contribution < -0.4 is 5.32 Å². The van der Waals surface area contributed by atoms with Gasteiger partial charge in [-0.1, -0.05) is 6.07 Å². The number of aliphatic hydroxyl groups excluding tert-OH is 1.